The average molecular weight is 298 g/mol. The summed E-state index contributed by atoms with van der Waals surface area (Å²) in [6.45, 7) is -0.283. The standard InChI is InChI=1S/C12H14N2O7/c1-20-10-6-8(2-3-9(10)14(18)19)12(17)13-4-5-21-7-11(15)16/h2-3,6H,4-5,7H2,1H3,(H,13,17)(H,15,16). The Hall–Kier alpha value is -2.68. The van der Waals surface area contributed by atoms with Gasteiger partial charge in [-0.3, -0.25) is 14.9 Å². The Morgan fingerprint density at radius 2 is 2.14 bits per heavy atom. The number of carbonyl (C=O) groups excluding carboxylic acids is 1. The molecule has 21 heavy (non-hydrogen) atoms. The minimum atomic E-state index is -1.10. The maximum absolute atomic E-state index is 11.8. The Kier molecular flexibility index (Phi) is 6.08. The van der Waals surface area contributed by atoms with Gasteiger partial charge in [-0.25, -0.2) is 4.79 Å². The Morgan fingerprint density at radius 3 is 2.71 bits per heavy atom. The van der Waals surface area contributed by atoms with Gasteiger partial charge in [-0.15, -0.1) is 0 Å². The van der Waals surface area contributed by atoms with Crippen LogP contribution in [0.5, 0.6) is 5.75 Å². The minimum absolute atomic E-state index is 0.0187. The molecule has 2 N–H and O–H groups in total. The van der Waals surface area contributed by atoms with Crippen LogP contribution in [0.15, 0.2) is 18.2 Å². The van der Waals surface area contributed by atoms with Crippen molar-refractivity contribution in [3.63, 3.8) is 0 Å². The van der Waals surface area contributed by atoms with E-state index in [0.717, 1.165) is 0 Å². The summed E-state index contributed by atoms with van der Waals surface area (Å²) in [6.07, 6.45) is 0. The molecule has 0 unspecified atom stereocenters. The molecule has 0 aromatic heterocycles. The Balaban J connectivity index is 2.58. The molecule has 9 heteroatoms. The molecule has 1 aromatic rings. The Bertz CT molecular complexity index is 544. The van der Waals surface area contributed by atoms with Gasteiger partial charge in [0.15, 0.2) is 5.75 Å². The number of carbonyl (C=O) groups is 2. The lowest BCUT2D eigenvalue weighted by Gasteiger charge is -2.07. The van der Waals surface area contributed by atoms with Crippen LogP contribution in [0, 0.1) is 10.1 Å². The molecule has 0 heterocycles. The van der Waals surface area contributed by atoms with Gasteiger partial charge < -0.3 is 19.9 Å². The first-order valence-corrected chi connectivity index (χ1v) is 5.86. The summed E-state index contributed by atoms with van der Waals surface area (Å²) in [5.74, 6) is -1.58. The van der Waals surface area contributed by atoms with Gasteiger partial charge in [0.1, 0.15) is 6.61 Å². The van der Waals surface area contributed by atoms with E-state index in [-0.39, 0.29) is 30.2 Å². The van der Waals surface area contributed by atoms with Crippen LogP contribution in [0.4, 0.5) is 5.69 Å². The SMILES string of the molecule is COc1cc(C(=O)NCCOCC(=O)O)ccc1[N+](=O)[O-]. The molecule has 0 bridgehead atoms. The second kappa shape index (κ2) is 7.80. The molecule has 0 aliphatic carbocycles. The molecule has 9 nitrogen and oxygen atoms in total. The van der Waals surface area contributed by atoms with Gasteiger partial charge in [0, 0.05) is 24.2 Å². The van der Waals surface area contributed by atoms with Crippen molar-refractivity contribution < 1.29 is 29.1 Å². The van der Waals surface area contributed by atoms with Gasteiger partial charge >= 0.3 is 11.7 Å². The van der Waals surface area contributed by atoms with E-state index in [1.165, 1.54) is 25.3 Å². The predicted molar refractivity (Wildman–Crippen MR) is 70.4 cm³/mol. The van der Waals surface area contributed by atoms with E-state index < -0.39 is 23.4 Å². The molecule has 0 saturated heterocycles. The molecular weight excluding hydrogens is 284 g/mol. The normalized spacial score (nSPS) is 9.95. The van der Waals surface area contributed by atoms with Crippen LogP contribution in [-0.4, -0.2) is 48.8 Å². The van der Waals surface area contributed by atoms with Crippen LogP contribution in [0.2, 0.25) is 0 Å². The number of amides is 1. The van der Waals surface area contributed by atoms with Crippen molar-refractivity contribution in [3.8, 4) is 5.75 Å². The first-order valence-electron chi connectivity index (χ1n) is 5.86. The number of nitrogens with one attached hydrogen (secondary N) is 1. The molecule has 0 aliphatic rings. The summed E-state index contributed by atoms with van der Waals surface area (Å²) >= 11 is 0. The lowest BCUT2D eigenvalue weighted by molar-refractivity contribution is -0.385. The number of nitro groups is 1. The van der Waals surface area contributed by atoms with Crippen LogP contribution < -0.4 is 10.1 Å². The van der Waals surface area contributed by atoms with Gasteiger partial charge in [0.2, 0.25) is 0 Å². The quantitative estimate of drug-likeness (QED) is 0.404. The molecule has 1 amide bonds. The van der Waals surface area contributed by atoms with E-state index in [9.17, 15) is 19.7 Å². The molecule has 114 valence electrons. The van der Waals surface area contributed by atoms with Crippen LogP contribution in [0.1, 0.15) is 10.4 Å². The maximum atomic E-state index is 11.8. The van der Waals surface area contributed by atoms with Gasteiger partial charge in [0.25, 0.3) is 5.91 Å². The fraction of sp³-hybridized carbons (Fsp3) is 0.333. The average Bonchev–Trinajstić information content (AvgIpc) is 2.45. The van der Waals surface area contributed by atoms with E-state index in [1.54, 1.807) is 0 Å². The monoisotopic (exact) mass is 298 g/mol. The second-order valence-electron chi connectivity index (χ2n) is 3.85. The third-order valence-electron chi connectivity index (χ3n) is 2.40. The zero-order valence-corrected chi connectivity index (χ0v) is 11.2. The highest BCUT2D eigenvalue weighted by Gasteiger charge is 2.17. The minimum Gasteiger partial charge on any atom is -0.490 e. The van der Waals surface area contributed by atoms with Crippen LogP contribution in [0.3, 0.4) is 0 Å². The number of nitro benzene ring substituents is 1. The lowest BCUT2D eigenvalue weighted by Crippen LogP contribution is -2.28. The number of hydrogen-bond donors (Lipinski definition) is 2. The molecule has 0 atom stereocenters. The van der Waals surface area contributed by atoms with Crippen LogP contribution in [-0.2, 0) is 9.53 Å². The number of carboxylic acid groups (broad SMARTS) is 1. The van der Waals surface area contributed by atoms with Crippen molar-refractivity contribution in [2.45, 2.75) is 0 Å². The first-order chi connectivity index (χ1) is 9.95. The summed E-state index contributed by atoms with van der Waals surface area (Å²) in [6, 6.07) is 3.73. The second-order valence-corrected chi connectivity index (χ2v) is 3.85. The van der Waals surface area contributed by atoms with Crippen molar-refractivity contribution in [2.24, 2.45) is 0 Å². The molecule has 0 fully saturated rings. The fourth-order valence-electron chi connectivity index (χ4n) is 1.47. The zero-order chi connectivity index (χ0) is 15.8. The zero-order valence-electron chi connectivity index (χ0n) is 11.2. The van der Waals surface area contributed by atoms with E-state index in [2.05, 4.69) is 5.32 Å². The third-order valence-corrected chi connectivity index (χ3v) is 2.40. The van der Waals surface area contributed by atoms with Crippen molar-refractivity contribution in [3.05, 3.63) is 33.9 Å². The first kappa shape index (κ1) is 16.4. The van der Waals surface area contributed by atoms with Crippen molar-refractivity contribution >= 4 is 17.6 Å². The van der Waals surface area contributed by atoms with Crippen LogP contribution >= 0.6 is 0 Å². The number of rotatable bonds is 8. The summed E-state index contributed by atoms with van der Waals surface area (Å²) in [7, 11) is 1.27. The molecule has 0 radical (unpaired) electrons. The maximum Gasteiger partial charge on any atom is 0.329 e. The highest BCUT2D eigenvalue weighted by atomic mass is 16.6. The van der Waals surface area contributed by atoms with Crippen molar-refractivity contribution in [1.82, 2.24) is 5.32 Å². The topological polar surface area (TPSA) is 128 Å². The van der Waals surface area contributed by atoms with Crippen molar-refractivity contribution in [2.75, 3.05) is 26.9 Å². The van der Waals surface area contributed by atoms with Gasteiger partial charge in [0.05, 0.1) is 18.6 Å². The predicted octanol–water partition coefficient (Wildman–Crippen LogP) is 0.434. The molecule has 1 rings (SSSR count). The summed E-state index contributed by atoms with van der Waals surface area (Å²) in [5, 5.41) is 21.6. The van der Waals surface area contributed by atoms with E-state index in [0.29, 0.717) is 0 Å². The molecular formula is C12H14N2O7. The number of ether oxygens (including phenoxy) is 2. The Labute approximate surface area is 119 Å². The van der Waals surface area contributed by atoms with Gasteiger partial charge in [-0.05, 0) is 6.07 Å². The largest absolute Gasteiger partial charge is 0.490 e. The number of benzene rings is 1. The highest BCUT2D eigenvalue weighted by molar-refractivity contribution is 5.95. The van der Waals surface area contributed by atoms with Gasteiger partial charge in [-0.1, -0.05) is 0 Å². The smallest absolute Gasteiger partial charge is 0.329 e. The number of nitrogens with zero attached hydrogens (tertiary/aromatic N) is 1. The molecule has 1 aromatic carbocycles. The number of methoxy groups -OCH3 is 1. The summed E-state index contributed by atoms with van der Waals surface area (Å²) < 4.78 is 9.60. The number of hydrogen-bond acceptors (Lipinski definition) is 6. The highest BCUT2D eigenvalue weighted by Crippen LogP contribution is 2.27. The van der Waals surface area contributed by atoms with Crippen LogP contribution in [0.25, 0.3) is 0 Å². The third kappa shape index (κ3) is 5.07. The summed E-state index contributed by atoms with van der Waals surface area (Å²) in [5.41, 5.74) is -0.0467. The number of carboxylic acids is 1. The van der Waals surface area contributed by atoms with E-state index in [4.69, 9.17) is 14.6 Å². The molecule has 0 spiro atoms. The van der Waals surface area contributed by atoms with E-state index >= 15 is 0 Å². The number of aliphatic carboxylic acids is 1. The fourth-order valence-corrected chi connectivity index (χ4v) is 1.47. The van der Waals surface area contributed by atoms with E-state index in [1.807, 2.05) is 0 Å². The van der Waals surface area contributed by atoms with Gasteiger partial charge in [-0.2, -0.15) is 0 Å². The molecule has 0 aliphatic heterocycles. The summed E-state index contributed by atoms with van der Waals surface area (Å²) in [4.78, 5) is 32.1. The van der Waals surface area contributed by atoms with Crippen molar-refractivity contribution in [1.29, 1.82) is 0 Å². The Morgan fingerprint density at radius 1 is 1.43 bits per heavy atom. The lowest BCUT2D eigenvalue weighted by atomic mass is 10.2. The molecule has 0 saturated carbocycles.